The second-order valence-electron chi connectivity index (χ2n) is 4.01. The summed E-state index contributed by atoms with van der Waals surface area (Å²) in [5, 5.41) is 8.22. The van der Waals surface area contributed by atoms with E-state index >= 15 is 0 Å². The van der Waals surface area contributed by atoms with Crippen LogP contribution in [-0.4, -0.2) is 14.8 Å². The van der Waals surface area contributed by atoms with Gasteiger partial charge in [0.15, 0.2) is 5.82 Å². The third-order valence-corrected chi connectivity index (χ3v) is 2.80. The van der Waals surface area contributed by atoms with E-state index in [-0.39, 0.29) is 0 Å². The highest BCUT2D eigenvalue weighted by Crippen LogP contribution is 2.20. The molecule has 0 bridgehead atoms. The molecule has 0 aliphatic carbocycles. The zero-order valence-electron chi connectivity index (χ0n) is 9.66. The summed E-state index contributed by atoms with van der Waals surface area (Å²) in [4.78, 5) is 0. The molecule has 0 fully saturated rings. The van der Waals surface area contributed by atoms with Gasteiger partial charge in [-0.3, -0.25) is 0 Å². The molecule has 16 heavy (non-hydrogen) atoms. The Morgan fingerprint density at radius 2 is 1.75 bits per heavy atom. The molecular formula is C12H14ClN3. The van der Waals surface area contributed by atoms with Crippen molar-refractivity contribution in [3.8, 4) is 11.4 Å². The van der Waals surface area contributed by atoms with Crippen molar-refractivity contribution in [3.63, 3.8) is 0 Å². The molecule has 0 unspecified atom stereocenters. The van der Waals surface area contributed by atoms with E-state index in [1.807, 2.05) is 11.6 Å². The van der Waals surface area contributed by atoms with Crippen molar-refractivity contribution in [2.45, 2.75) is 19.7 Å². The predicted molar refractivity (Wildman–Crippen MR) is 65.5 cm³/mol. The first-order valence-electron chi connectivity index (χ1n) is 5.14. The Bertz CT molecular complexity index is 497. The highest BCUT2D eigenvalue weighted by atomic mass is 35.5. The Labute approximate surface area is 100 Å². The number of aromatic nitrogens is 3. The molecule has 4 heteroatoms. The maximum Gasteiger partial charge on any atom is 0.163 e. The van der Waals surface area contributed by atoms with Crippen LogP contribution in [-0.2, 0) is 12.9 Å². The number of halogens is 1. The minimum atomic E-state index is 0.383. The summed E-state index contributed by atoms with van der Waals surface area (Å²) < 4.78 is 1.93. The van der Waals surface area contributed by atoms with Gasteiger partial charge in [-0.1, -0.05) is 17.2 Å². The van der Waals surface area contributed by atoms with Gasteiger partial charge in [-0.25, -0.2) is 0 Å². The van der Waals surface area contributed by atoms with Crippen molar-refractivity contribution < 1.29 is 0 Å². The molecule has 2 aromatic rings. The number of aryl methyl sites for hydroxylation is 2. The molecule has 1 aromatic heterocycles. The fourth-order valence-electron chi connectivity index (χ4n) is 1.83. The second kappa shape index (κ2) is 4.26. The van der Waals surface area contributed by atoms with Gasteiger partial charge in [0, 0.05) is 12.6 Å². The quantitative estimate of drug-likeness (QED) is 0.750. The van der Waals surface area contributed by atoms with Gasteiger partial charge in [-0.2, -0.15) is 0 Å². The number of nitrogens with zero attached hydrogens (tertiary/aromatic N) is 3. The molecule has 0 saturated carbocycles. The summed E-state index contributed by atoms with van der Waals surface area (Å²) >= 11 is 5.77. The van der Waals surface area contributed by atoms with E-state index in [0.717, 1.165) is 17.2 Å². The molecule has 0 atom stereocenters. The fraction of sp³-hybridized carbons (Fsp3) is 0.333. The van der Waals surface area contributed by atoms with Crippen LogP contribution in [0.5, 0.6) is 0 Å². The number of alkyl halides is 1. The summed E-state index contributed by atoms with van der Waals surface area (Å²) in [7, 11) is 1.94. The van der Waals surface area contributed by atoms with E-state index in [1.165, 1.54) is 11.1 Å². The van der Waals surface area contributed by atoms with Crippen LogP contribution in [0.2, 0.25) is 0 Å². The van der Waals surface area contributed by atoms with Gasteiger partial charge >= 0.3 is 0 Å². The predicted octanol–water partition coefficient (Wildman–Crippen LogP) is 2.84. The monoisotopic (exact) mass is 235 g/mol. The zero-order valence-corrected chi connectivity index (χ0v) is 10.4. The molecule has 3 nitrogen and oxygen atoms in total. The molecule has 0 spiro atoms. The number of benzene rings is 1. The molecule has 0 saturated heterocycles. The third-order valence-electron chi connectivity index (χ3n) is 2.56. The van der Waals surface area contributed by atoms with Gasteiger partial charge in [-0.15, -0.1) is 21.8 Å². The van der Waals surface area contributed by atoms with Crippen molar-refractivity contribution >= 4 is 11.6 Å². The van der Waals surface area contributed by atoms with E-state index in [2.05, 4.69) is 42.2 Å². The lowest BCUT2D eigenvalue weighted by Gasteiger charge is -2.05. The first-order chi connectivity index (χ1) is 7.61. The van der Waals surface area contributed by atoms with Crippen molar-refractivity contribution in [2.24, 2.45) is 7.05 Å². The van der Waals surface area contributed by atoms with E-state index in [1.54, 1.807) is 0 Å². The van der Waals surface area contributed by atoms with Crippen LogP contribution in [0.15, 0.2) is 18.2 Å². The molecule has 2 rings (SSSR count). The SMILES string of the molecule is Cc1cc(C)cc(-c2nnc(CCl)n2C)c1. The Hall–Kier alpha value is -1.35. The summed E-state index contributed by atoms with van der Waals surface area (Å²) in [5.41, 5.74) is 3.54. The average molecular weight is 236 g/mol. The first kappa shape index (κ1) is 11.1. The zero-order chi connectivity index (χ0) is 11.7. The molecule has 0 aliphatic rings. The molecule has 0 amide bonds. The van der Waals surface area contributed by atoms with Crippen LogP contribution >= 0.6 is 11.6 Å². The summed E-state index contributed by atoms with van der Waals surface area (Å²) in [6.07, 6.45) is 0. The third kappa shape index (κ3) is 1.95. The fourth-order valence-corrected chi connectivity index (χ4v) is 2.07. The highest BCUT2D eigenvalue weighted by Gasteiger charge is 2.10. The highest BCUT2D eigenvalue weighted by molar-refractivity contribution is 6.16. The molecule has 0 N–H and O–H groups in total. The van der Waals surface area contributed by atoms with Gasteiger partial charge in [0.05, 0.1) is 5.88 Å². The topological polar surface area (TPSA) is 30.7 Å². The van der Waals surface area contributed by atoms with Crippen molar-refractivity contribution in [1.29, 1.82) is 0 Å². The maximum atomic E-state index is 5.77. The Balaban J connectivity index is 2.54. The van der Waals surface area contributed by atoms with Crippen molar-refractivity contribution in [1.82, 2.24) is 14.8 Å². The molecule has 0 aliphatic heterocycles. The van der Waals surface area contributed by atoms with Gasteiger partial charge in [-0.05, 0) is 26.0 Å². The summed E-state index contributed by atoms with van der Waals surface area (Å²) in [6, 6.07) is 6.35. The van der Waals surface area contributed by atoms with Gasteiger partial charge in [0.25, 0.3) is 0 Å². The first-order valence-corrected chi connectivity index (χ1v) is 5.68. The van der Waals surface area contributed by atoms with Gasteiger partial charge in [0.1, 0.15) is 5.82 Å². The molecule has 0 radical (unpaired) electrons. The normalized spacial score (nSPS) is 10.8. The average Bonchev–Trinajstić information content (AvgIpc) is 2.58. The molecule has 1 aromatic carbocycles. The number of hydrogen-bond acceptors (Lipinski definition) is 2. The lowest BCUT2D eigenvalue weighted by molar-refractivity contribution is 0.853. The van der Waals surface area contributed by atoms with E-state index < -0.39 is 0 Å². The smallest absolute Gasteiger partial charge is 0.163 e. The molecular weight excluding hydrogens is 222 g/mol. The van der Waals surface area contributed by atoms with E-state index in [4.69, 9.17) is 11.6 Å². The summed E-state index contributed by atoms with van der Waals surface area (Å²) in [5.74, 6) is 2.03. The van der Waals surface area contributed by atoms with Gasteiger partial charge in [0.2, 0.25) is 0 Å². The van der Waals surface area contributed by atoms with E-state index in [9.17, 15) is 0 Å². The van der Waals surface area contributed by atoms with Crippen LogP contribution in [0, 0.1) is 13.8 Å². The lowest BCUT2D eigenvalue weighted by Crippen LogP contribution is -1.97. The van der Waals surface area contributed by atoms with Crippen LogP contribution < -0.4 is 0 Å². The Kier molecular flexibility index (Phi) is 2.97. The molecule has 1 heterocycles. The van der Waals surface area contributed by atoms with Gasteiger partial charge < -0.3 is 4.57 Å². The summed E-state index contributed by atoms with van der Waals surface area (Å²) in [6.45, 7) is 4.16. The van der Waals surface area contributed by atoms with Crippen LogP contribution in [0.4, 0.5) is 0 Å². The Morgan fingerprint density at radius 1 is 1.12 bits per heavy atom. The minimum Gasteiger partial charge on any atom is -0.313 e. The van der Waals surface area contributed by atoms with Crippen LogP contribution in [0.3, 0.4) is 0 Å². The largest absolute Gasteiger partial charge is 0.313 e. The van der Waals surface area contributed by atoms with Crippen LogP contribution in [0.25, 0.3) is 11.4 Å². The number of hydrogen-bond donors (Lipinski definition) is 0. The van der Waals surface area contributed by atoms with E-state index in [0.29, 0.717) is 5.88 Å². The second-order valence-corrected chi connectivity index (χ2v) is 4.28. The lowest BCUT2D eigenvalue weighted by atomic mass is 10.1. The standard InChI is InChI=1S/C12H14ClN3/c1-8-4-9(2)6-10(5-8)12-15-14-11(7-13)16(12)3/h4-6H,7H2,1-3H3. The molecule has 84 valence electrons. The number of rotatable bonds is 2. The van der Waals surface area contributed by atoms with Crippen molar-refractivity contribution in [3.05, 3.63) is 35.2 Å². The minimum absolute atomic E-state index is 0.383. The Morgan fingerprint density at radius 3 is 2.25 bits per heavy atom. The van der Waals surface area contributed by atoms with Crippen LogP contribution in [0.1, 0.15) is 17.0 Å². The van der Waals surface area contributed by atoms with Crippen molar-refractivity contribution in [2.75, 3.05) is 0 Å². The maximum absolute atomic E-state index is 5.77.